The van der Waals surface area contributed by atoms with Crippen molar-refractivity contribution in [3.8, 4) is 62.3 Å². The van der Waals surface area contributed by atoms with E-state index < -0.39 is 11.8 Å². The first-order chi connectivity index (χ1) is 30.4. The second-order valence-corrected chi connectivity index (χ2v) is 14.8. The average Bonchev–Trinajstić information content (AvgIpc) is 3.80. The van der Waals surface area contributed by atoms with Gasteiger partial charge in [0, 0.05) is 27.5 Å². The molecule has 1 aromatic heterocycles. The summed E-state index contributed by atoms with van der Waals surface area (Å²) in [5.41, 5.74) is 10.5. The first kappa shape index (κ1) is 37.0. The Labute approximate surface area is 356 Å². The smallest absolute Gasteiger partial charge is 0.268 e. The zero-order valence-electron chi connectivity index (χ0n) is 32.7. The zero-order chi connectivity index (χ0) is 42.5. The van der Waals surface area contributed by atoms with Gasteiger partial charge in [-0.2, -0.15) is 10.5 Å². The van der Waals surface area contributed by atoms with Gasteiger partial charge >= 0.3 is 0 Å². The van der Waals surface area contributed by atoms with Crippen molar-refractivity contribution in [3.63, 3.8) is 0 Å². The molecular formula is C54H28N6O2. The van der Waals surface area contributed by atoms with Crippen molar-refractivity contribution < 1.29 is 9.59 Å². The molecule has 0 atom stereocenters. The summed E-state index contributed by atoms with van der Waals surface area (Å²) in [6.45, 7) is 15.4. The Bertz CT molecular complexity index is 3430. The molecule has 10 rings (SSSR count). The molecule has 0 unspecified atom stereocenters. The van der Waals surface area contributed by atoms with E-state index in [1.54, 1.807) is 48.5 Å². The zero-order valence-corrected chi connectivity index (χ0v) is 32.7. The van der Waals surface area contributed by atoms with Gasteiger partial charge in [-0.3, -0.25) is 9.59 Å². The summed E-state index contributed by atoms with van der Waals surface area (Å²) in [5.74, 6) is -0.923. The molecule has 0 radical (unpaired) electrons. The Morgan fingerprint density at radius 1 is 0.468 bits per heavy atom. The lowest BCUT2D eigenvalue weighted by Crippen LogP contribution is -2.30. The number of carbonyl (C=O) groups is 2. The minimum absolute atomic E-state index is 0.234. The van der Waals surface area contributed by atoms with Crippen molar-refractivity contribution in [2.24, 2.45) is 0 Å². The lowest BCUT2D eigenvalue weighted by Gasteiger charge is -2.20. The standard InChI is InChI=1S/C54H28N6O2/c1-57-40-20-24-41(39(27-40)32-56)37-17-22-43-44-23-18-38(42-21-16-33(31-55)26-47(42)58-2)30-51(44)59(50(43)29-37)49-15-9-14-45-52(49)54(62)60(53(45)61)48-25-19-36(34-10-5-3-6-11-34)28-46(48)35-12-7-4-8-13-35/h3-30H. The molecule has 62 heavy (non-hydrogen) atoms. The Kier molecular flexibility index (Phi) is 8.82. The highest BCUT2D eigenvalue weighted by atomic mass is 16.2. The molecule has 0 fully saturated rings. The van der Waals surface area contributed by atoms with Crippen LogP contribution in [0.4, 0.5) is 17.1 Å². The van der Waals surface area contributed by atoms with Crippen LogP contribution in [0, 0.1) is 35.8 Å². The summed E-state index contributed by atoms with van der Waals surface area (Å²) in [7, 11) is 0. The van der Waals surface area contributed by atoms with Gasteiger partial charge < -0.3 is 4.57 Å². The Hall–Kier alpha value is -9.34. The number of imide groups is 1. The van der Waals surface area contributed by atoms with E-state index in [1.807, 2.05) is 126 Å². The number of rotatable bonds is 6. The third kappa shape index (κ3) is 5.89. The molecule has 8 aromatic carbocycles. The van der Waals surface area contributed by atoms with Gasteiger partial charge in [-0.05, 0) is 93.5 Å². The lowest BCUT2D eigenvalue weighted by molar-refractivity contribution is 0.0926. The lowest BCUT2D eigenvalue weighted by atomic mass is 9.97. The van der Waals surface area contributed by atoms with Crippen LogP contribution in [0.1, 0.15) is 31.8 Å². The van der Waals surface area contributed by atoms with Crippen LogP contribution in [-0.2, 0) is 0 Å². The molecule has 0 saturated heterocycles. The van der Waals surface area contributed by atoms with E-state index >= 15 is 4.79 Å². The maximum absolute atomic E-state index is 15.2. The van der Waals surface area contributed by atoms with Crippen LogP contribution in [0.15, 0.2) is 170 Å². The molecule has 0 bridgehead atoms. The number of benzene rings is 8. The topological polar surface area (TPSA) is 98.6 Å². The molecule has 1 aliphatic heterocycles. The summed E-state index contributed by atoms with van der Waals surface area (Å²) in [6, 6.07) is 56.9. The number of hydrogen-bond acceptors (Lipinski definition) is 4. The maximum atomic E-state index is 15.2. The second kappa shape index (κ2) is 14.8. The summed E-state index contributed by atoms with van der Waals surface area (Å²) in [4.78, 5) is 38.4. The third-order valence-corrected chi connectivity index (χ3v) is 11.5. The molecule has 1 aliphatic rings. The number of amides is 2. The van der Waals surface area contributed by atoms with Gasteiger partial charge in [0.1, 0.15) is 0 Å². The minimum atomic E-state index is -0.476. The van der Waals surface area contributed by atoms with Crippen molar-refractivity contribution in [1.82, 2.24) is 4.57 Å². The van der Waals surface area contributed by atoms with Crippen LogP contribution < -0.4 is 4.90 Å². The average molecular weight is 793 g/mol. The number of nitriles is 2. The summed E-state index contributed by atoms with van der Waals surface area (Å²) >= 11 is 0. The monoisotopic (exact) mass is 792 g/mol. The molecule has 2 heterocycles. The highest BCUT2D eigenvalue weighted by Gasteiger charge is 2.40. The summed E-state index contributed by atoms with van der Waals surface area (Å²) in [5, 5.41) is 21.4. The number of aromatic nitrogens is 1. The van der Waals surface area contributed by atoms with Crippen LogP contribution >= 0.6 is 0 Å². The highest BCUT2D eigenvalue weighted by Crippen LogP contribution is 2.44. The predicted octanol–water partition coefficient (Wildman–Crippen LogP) is 13.1. The van der Waals surface area contributed by atoms with Crippen molar-refractivity contribution in [2.75, 3.05) is 4.90 Å². The van der Waals surface area contributed by atoms with Gasteiger partial charge in [-0.15, -0.1) is 0 Å². The molecule has 2 amide bonds. The van der Waals surface area contributed by atoms with Gasteiger partial charge in [0.05, 0.1) is 58.8 Å². The molecule has 8 nitrogen and oxygen atoms in total. The van der Waals surface area contributed by atoms with Crippen molar-refractivity contribution in [1.29, 1.82) is 10.5 Å². The number of fused-ring (bicyclic) bond motifs is 4. The Morgan fingerprint density at radius 3 is 1.79 bits per heavy atom. The molecular weight excluding hydrogens is 765 g/mol. The van der Waals surface area contributed by atoms with E-state index in [0.29, 0.717) is 56.0 Å². The minimum Gasteiger partial charge on any atom is -0.308 e. The van der Waals surface area contributed by atoms with E-state index in [4.69, 9.17) is 13.1 Å². The normalized spacial score (nSPS) is 11.8. The van der Waals surface area contributed by atoms with Crippen LogP contribution in [0.5, 0.6) is 0 Å². The largest absolute Gasteiger partial charge is 0.308 e. The highest BCUT2D eigenvalue weighted by molar-refractivity contribution is 6.36. The molecule has 0 N–H and O–H groups in total. The van der Waals surface area contributed by atoms with E-state index in [1.165, 1.54) is 4.90 Å². The summed E-state index contributed by atoms with van der Waals surface area (Å²) < 4.78 is 1.97. The van der Waals surface area contributed by atoms with E-state index in [-0.39, 0.29) is 11.1 Å². The van der Waals surface area contributed by atoms with E-state index in [9.17, 15) is 15.3 Å². The molecule has 8 heteroatoms. The first-order valence-electron chi connectivity index (χ1n) is 19.6. The second-order valence-electron chi connectivity index (χ2n) is 14.8. The Balaban J connectivity index is 1.21. The fraction of sp³-hybridized carbons (Fsp3) is 0. The predicted molar refractivity (Wildman–Crippen MR) is 242 cm³/mol. The van der Waals surface area contributed by atoms with Gasteiger partial charge in [0.15, 0.2) is 11.4 Å². The molecule has 9 aromatic rings. The molecule has 0 aliphatic carbocycles. The number of nitrogens with zero attached hydrogens (tertiary/aromatic N) is 6. The fourth-order valence-corrected chi connectivity index (χ4v) is 8.56. The van der Waals surface area contributed by atoms with E-state index in [2.05, 4.69) is 21.8 Å². The summed E-state index contributed by atoms with van der Waals surface area (Å²) in [6.07, 6.45) is 0. The number of hydrogen-bond donors (Lipinski definition) is 0. The number of carbonyl (C=O) groups excluding carboxylic acids is 2. The van der Waals surface area contributed by atoms with Crippen molar-refractivity contribution >= 4 is 50.7 Å². The maximum Gasteiger partial charge on any atom is 0.268 e. The van der Waals surface area contributed by atoms with Crippen LogP contribution in [0.25, 0.3) is 81.7 Å². The van der Waals surface area contributed by atoms with Gasteiger partial charge in [0.25, 0.3) is 11.8 Å². The van der Waals surface area contributed by atoms with E-state index in [0.717, 1.165) is 44.2 Å². The third-order valence-electron chi connectivity index (χ3n) is 11.5. The quantitative estimate of drug-likeness (QED) is 0.124. The van der Waals surface area contributed by atoms with Crippen LogP contribution in [0.3, 0.4) is 0 Å². The van der Waals surface area contributed by atoms with Gasteiger partial charge in [-0.1, -0.05) is 115 Å². The van der Waals surface area contributed by atoms with Crippen LogP contribution in [-0.4, -0.2) is 16.4 Å². The molecule has 0 spiro atoms. The van der Waals surface area contributed by atoms with Crippen LogP contribution in [0.2, 0.25) is 0 Å². The molecule has 286 valence electrons. The van der Waals surface area contributed by atoms with Gasteiger partial charge in [0.2, 0.25) is 0 Å². The van der Waals surface area contributed by atoms with Crippen molar-refractivity contribution in [2.45, 2.75) is 0 Å². The van der Waals surface area contributed by atoms with Crippen molar-refractivity contribution in [3.05, 3.63) is 215 Å². The van der Waals surface area contributed by atoms with Gasteiger partial charge in [-0.25, -0.2) is 14.6 Å². The first-order valence-corrected chi connectivity index (χ1v) is 19.6. The molecule has 0 saturated carbocycles. The Morgan fingerprint density at radius 2 is 1.13 bits per heavy atom. The SMILES string of the molecule is [C-]#[N+]c1ccc(-c2ccc3c4ccc(-c5ccc(C#N)cc5[N+]#[C-])cc4n(-c4cccc5c4C(=O)N(c4ccc(-c6ccccc6)cc4-c4ccccc4)C5=O)c3c2)c(C#N)c1. The number of anilines is 1. The fourth-order valence-electron chi connectivity index (χ4n) is 8.56.